The summed E-state index contributed by atoms with van der Waals surface area (Å²) in [5.41, 5.74) is 6.64. The highest BCUT2D eigenvalue weighted by atomic mass is 35.5. The molecule has 194 valence electrons. The fourth-order valence-electron chi connectivity index (χ4n) is 5.60. The molecule has 1 aromatic rings. The number of halogens is 1. The lowest BCUT2D eigenvalue weighted by Crippen LogP contribution is -2.50. The molecule has 4 N–H and O–H groups in total. The first kappa shape index (κ1) is 26.0. The molecule has 3 aliphatic heterocycles. The Hall–Kier alpha value is -2.03. The molecular formula is C26H40ClN5O3. The number of piperidine rings is 2. The molecule has 0 saturated carbocycles. The zero-order valence-corrected chi connectivity index (χ0v) is 21.6. The molecule has 1 unspecified atom stereocenters. The highest BCUT2D eigenvalue weighted by Crippen LogP contribution is 2.29. The van der Waals surface area contributed by atoms with E-state index < -0.39 is 0 Å². The Morgan fingerprint density at radius 2 is 1.83 bits per heavy atom. The minimum atomic E-state index is -0.178. The number of hydrogen-bond acceptors (Lipinski definition) is 6. The molecule has 3 aliphatic rings. The first-order valence-corrected chi connectivity index (χ1v) is 13.5. The molecule has 3 fully saturated rings. The summed E-state index contributed by atoms with van der Waals surface area (Å²) in [7, 11) is 1.52. The molecule has 8 nitrogen and oxygen atoms in total. The van der Waals surface area contributed by atoms with Crippen molar-refractivity contribution in [2.45, 2.75) is 63.5 Å². The number of anilines is 1. The zero-order valence-electron chi connectivity index (χ0n) is 20.9. The maximum Gasteiger partial charge on any atom is 0.255 e. The molecule has 0 aromatic heterocycles. The molecule has 3 saturated heterocycles. The number of likely N-dealkylation sites (tertiary alicyclic amines) is 2. The second-order valence-electron chi connectivity index (χ2n) is 10.2. The summed E-state index contributed by atoms with van der Waals surface area (Å²) in [4.78, 5) is 30.3. The van der Waals surface area contributed by atoms with Crippen LogP contribution >= 0.6 is 11.6 Å². The summed E-state index contributed by atoms with van der Waals surface area (Å²) in [6, 6.07) is 3.31. The summed E-state index contributed by atoms with van der Waals surface area (Å²) in [6.07, 6.45) is 8.52. The Kier molecular flexibility index (Phi) is 9.14. The van der Waals surface area contributed by atoms with Gasteiger partial charge in [-0.3, -0.25) is 9.59 Å². The maximum atomic E-state index is 12.9. The van der Waals surface area contributed by atoms with Gasteiger partial charge in [0.15, 0.2) is 0 Å². The van der Waals surface area contributed by atoms with Gasteiger partial charge in [-0.05, 0) is 57.1 Å². The normalized spacial score (nSPS) is 23.0. The van der Waals surface area contributed by atoms with Crippen LogP contribution in [0.1, 0.15) is 61.7 Å². The second-order valence-corrected chi connectivity index (χ2v) is 10.7. The van der Waals surface area contributed by atoms with Crippen LogP contribution in [0.15, 0.2) is 12.1 Å². The van der Waals surface area contributed by atoms with Crippen molar-refractivity contribution in [1.29, 1.82) is 0 Å². The smallest absolute Gasteiger partial charge is 0.255 e. The number of hydrogen-bond donors (Lipinski definition) is 3. The van der Waals surface area contributed by atoms with Crippen LogP contribution in [0.25, 0.3) is 0 Å². The topological polar surface area (TPSA) is 99.9 Å². The largest absolute Gasteiger partial charge is 0.496 e. The number of ether oxygens (including phenoxy) is 1. The van der Waals surface area contributed by atoms with Crippen molar-refractivity contribution in [3.05, 3.63) is 22.7 Å². The Bertz CT molecular complexity index is 874. The van der Waals surface area contributed by atoms with Crippen molar-refractivity contribution in [2.75, 3.05) is 52.1 Å². The summed E-state index contributed by atoms with van der Waals surface area (Å²) in [5, 5.41) is 6.94. The third kappa shape index (κ3) is 6.80. The SMILES string of the molecule is COc1cc(N)c(Cl)cc1C(=O)NC1CCN(CC2CCN(C(=O)C3CCCCCN3)CC2)CC1. The summed E-state index contributed by atoms with van der Waals surface area (Å²) in [6.45, 7) is 5.72. The molecule has 4 rings (SSSR count). The maximum absolute atomic E-state index is 12.9. The van der Waals surface area contributed by atoms with Gasteiger partial charge in [-0.1, -0.05) is 24.4 Å². The zero-order chi connectivity index (χ0) is 24.8. The number of nitrogens with two attached hydrogens (primary N) is 1. The monoisotopic (exact) mass is 505 g/mol. The third-order valence-corrected chi connectivity index (χ3v) is 8.11. The van der Waals surface area contributed by atoms with Gasteiger partial charge in [0.05, 0.1) is 29.4 Å². The quantitative estimate of drug-likeness (QED) is 0.514. The summed E-state index contributed by atoms with van der Waals surface area (Å²) in [5.74, 6) is 1.19. The molecule has 0 aliphatic carbocycles. The minimum absolute atomic E-state index is 0.0209. The van der Waals surface area contributed by atoms with Gasteiger partial charge in [0.25, 0.3) is 5.91 Å². The molecule has 0 bridgehead atoms. The molecule has 0 radical (unpaired) electrons. The van der Waals surface area contributed by atoms with Gasteiger partial charge in [0, 0.05) is 44.8 Å². The van der Waals surface area contributed by atoms with Crippen LogP contribution in [-0.2, 0) is 4.79 Å². The number of rotatable bonds is 6. The number of carbonyl (C=O) groups excluding carboxylic acids is 2. The van der Waals surface area contributed by atoms with Gasteiger partial charge in [0.1, 0.15) is 5.75 Å². The summed E-state index contributed by atoms with van der Waals surface area (Å²) < 4.78 is 5.32. The Morgan fingerprint density at radius 1 is 1.09 bits per heavy atom. The Labute approximate surface area is 213 Å². The Balaban J connectivity index is 1.19. The van der Waals surface area contributed by atoms with E-state index in [0.717, 1.165) is 77.8 Å². The lowest BCUT2D eigenvalue weighted by molar-refractivity contribution is -0.135. The van der Waals surface area contributed by atoms with E-state index in [-0.39, 0.29) is 18.0 Å². The number of nitrogen functional groups attached to an aromatic ring is 1. The second kappa shape index (κ2) is 12.3. The van der Waals surface area contributed by atoms with Crippen LogP contribution in [0.5, 0.6) is 5.75 Å². The van der Waals surface area contributed by atoms with Crippen molar-refractivity contribution in [3.63, 3.8) is 0 Å². The fraction of sp³-hybridized carbons (Fsp3) is 0.692. The van der Waals surface area contributed by atoms with Crippen molar-refractivity contribution in [1.82, 2.24) is 20.4 Å². The third-order valence-electron chi connectivity index (χ3n) is 7.79. The van der Waals surface area contributed by atoms with Crippen molar-refractivity contribution in [3.8, 4) is 5.75 Å². The number of methoxy groups -OCH3 is 1. The number of amides is 2. The number of nitrogens with one attached hydrogen (secondary N) is 2. The Morgan fingerprint density at radius 3 is 2.54 bits per heavy atom. The van der Waals surface area contributed by atoms with E-state index in [0.29, 0.717) is 33.8 Å². The van der Waals surface area contributed by atoms with Gasteiger partial charge in [-0.25, -0.2) is 0 Å². The van der Waals surface area contributed by atoms with Gasteiger partial charge in [-0.15, -0.1) is 0 Å². The highest BCUT2D eigenvalue weighted by Gasteiger charge is 2.30. The van der Waals surface area contributed by atoms with E-state index in [1.807, 2.05) is 0 Å². The molecule has 0 spiro atoms. The molecule has 35 heavy (non-hydrogen) atoms. The lowest BCUT2D eigenvalue weighted by Gasteiger charge is -2.38. The molecule has 1 aromatic carbocycles. The van der Waals surface area contributed by atoms with Crippen LogP contribution < -0.4 is 21.1 Å². The minimum Gasteiger partial charge on any atom is -0.496 e. The fourth-order valence-corrected chi connectivity index (χ4v) is 5.76. The number of benzene rings is 1. The predicted octanol–water partition coefficient (Wildman–Crippen LogP) is 2.90. The molecule has 3 heterocycles. The van der Waals surface area contributed by atoms with Crippen LogP contribution in [0, 0.1) is 5.92 Å². The van der Waals surface area contributed by atoms with Crippen molar-refractivity contribution in [2.24, 2.45) is 5.92 Å². The number of carbonyl (C=O) groups is 2. The molecule has 2 amide bonds. The van der Waals surface area contributed by atoms with Gasteiger partial charge >= 0.3 is 0 Å². The van der Waals surface area contributed by atoms with Gasteiger partial charge < -0.3 is 30.9 Å². The van der Waals surface area contributed by atoms with E-state index in [9.17, 15) is 9.59 Å². The van der Waals surface area contributed by atoms with Crippen LogP contribution in [0.4, 0.5) is 5.69 Å². The van der Waals surface area contributed by atoms with E-state index in [1.54, 1.807) is 12.1 Å². The average molecular weight is 506 g/mol. The van der Waals surface area contributed by atoms with Gasteiger partial charge in [-0.2, -0.15) is 0 Å². The standard InChI is InChI=1S/C26H40ClN5O3/c1-35-24-16-22(28)21(27)15-20(24)25(33)30-19-8-11-31(12-9-19)17-18-6-13-32(14-7-18)26(34)23-5-3-2-4-10-29-23/h15-16,18-19,23,29H,2-14,17,28H2,1H3,(H,30,33). The van der Waals surface area contributed by atoms with Crippen molar-refractivity contribution < 1.29 is 14.3 Å². The number of nitrogens with zero attached hydrogens (tertiary/aromatic N) is 2. The van der Waals surface area contributed by atoms with E-state index in [2.05, 4.69) is 20.4 Å². The van der Waals surface area contributed by atoms with Crippen LogP contribution in [0.2, 0.25) is 5.02 Å². The molecule has 9 heteroatoms. The van der Waals surface area contributed by atoms with Gasteiger partial charge in [0.2, 0.25) is 5.91 Å². The van der Waals surface area contributed by atoms with Crippen LogP contribution in [0.3, 0.4) is 0 Å². The van der Waals surface area contributed by atoms with Crippen molar-refractivity contribution >= 4 is 29.1 Å². The molecule has 1 atom stereocenters. The average Bonchev–Trinajstić information content (AvgIpc) is 3.16. The first-order chi connectivity index (χ1) is 16.9. The first-order valence-electron chi connectivity index (χ1n) is 13.1. The van der Waals surface area contributed by atoms with E-state index >= 15 is 0 Å². The van der Waals surface area contributed by atoms with E-state index in [1.165, 1.54) is 20.0 Å². The highest BCUT2D eigenvalue weighted by molar-refractivity contribution is 6.33. The van der Waals surface area contributed by atoms with Crippen LogP contribution in [-0.4, -0.2) is 80.1 Å². The van der Waals surface area contributed by atoms with E-state index in [4.69, 9.17) is 22.1 Å². The lowest BCUT2D eigenvalue weighted by atomic mass is 9.94. The predicted molar refractivity (Wildman–Crippen MR) is 139 cm³/mol. The summed E-state index contributed by atoms with van der Waals surface area (Å²) >= 11 is 6.12. The molecular weight excluding hydrogens is 466 g/mol.